The SMILES string of the molecule is C=C(CC)N(CCC)C(C)/C=C/C. The van der Waals surface area contributed by atoms with Crippen LogP contribution in [0.25, 0.3) is 0 Å². The van der Waals surface area contributed by atoms with Crippen molar-refractivity contribution in [3.8, 4) is 0 Å². The average molecular weight is 181 g/mol. The first-order valence-electron chi connectivity index (χ1n) is 5.24. The second-order valence-corrected chi connectivity index (χ2v) is 3.38. The molecule has 1 atom stereocenters. The van der Waals surface area contributed by atoms with E-state index in [-0.39, 0.29) is 0 Å². The number of allylic oxidation sites excluding steroid dienone is 2. The van der Waals surface area contributed by atoms with Crippen molar-refractivity contribution in [2.45, 2.75) is 46.6 Å². The molecule has 13 heavy (non-hydrogen) atoms. The molecule has 1 unspecified atom stereocenters. The van der Waals surface area contributed by atoms with E-state index in [0.29, 0.717) is 6.04 Å². The molecule has 0 bridgehead atoms. The lowest BCUT2D eigenvalue weighted by Crippen LogP contribution is -2.31. The minimum absolute atomic E-state index is 0.484. The first kappa shape index (κ1) is 12.3. The van der Waals surface area contributed by atoms with Crippen LogP contribution in [0.4, 0.5) is 0 Å². The molecule has 1 nitrogen and oxygen atoms in total. The van der Waals surface area contributed by atoms with Crippen LogP contribution in [0, 0.1) is 0 Å². The average Bonchev–Trinajstić information content (AvgIpc) is 2.13. The van der Waals surface area contributed by atoms with Gasteiger partial charge in [0, 0.05) is 18.3 Å². The summed E-state index contributed by atoms with van der Waals surface area (Å²) in [6.07, 6.45) is 6.55. The summed E-state index contributed by atoms with van der Waals surface area (Å²) < 4.78 is 0. The molecule has 0 aromatic heterocycles. The summed E-state index contributed by atoms with van der Waals surface area (Å²) in [6.45, 7) is 13.8. The van der Waals surface area contributed by atoms with Crippen molar-refractivity contribution in [3.63, 3.8) is 0 Å². The van der Waals surface area contributed by atoms with Gasteiger partial charge < -0.3 is 4.90 Å². The van der Waals surface area contributed by atoms with Gasteiger partial charge in [-0.05, 0) is 26.7 Å². The quantitative estimate of drug-likeness (QED) is 0.566. The van der Waals surface area contributed by atoms with Gasteiger partial charge in [-0.2, -0.15) is 0 Å². The lowest BCUT2D eigenvalue weighted by molar-refractivity contribution is 0.300. The van der Waals surface area contributed by atoms with Crippen LogP contribution in [0.2, 0.25) is 0 Å². The molecule has 76 valence electrons. The number of hydrogen-bond acceptors (Lipinski definition) is 1. The van der Waals surface area contributed by atoms with Crippen LogP contribution in [-0.2, 0) is 0 Å². The summed E-state index contributed by atoms with van der Waals surface area (Å²) in [6, 6.07) is 0.484. The number of nitrogens with zero attached hydrogens (tertiary/aromatic N) is 1. The van der Waals surface area contributed by atoms with Crippen molar-refractivity contribution >= 4 is 0 Å². The molecule has 0 aliphatic carbocycles. The third kappa shape index (κ3) is 4.16. The van der Waals surface area contributed by atoms with Crippen LogP contribution in [-0.4, -0.2) is 17.5 Å². The van der Waals surface area contributed by atoms with E-state index in [1.807, 2.05) is 0 Å². The normalized spacial score (nSPS) is 13.2. The second-order valence-electron chi connectivity index (χ2n) is 3.38. The molecule has 0 fully saturated rings. The highest BCUT2D eigenvalue weighted by molar-refractivity contribution is 5.01. The van der Waals surface area contributed by atoms with Gasteiger partial charge in [-0.1, -0.05) is 32.6 Å². The summed E-state index contributed by atoms with van der Waals surface area (Å²) in [5, 5.41) is 0. The van der Waals surface area contributed by atoms with Crippen molar-refractivity contribution < 1.29 is 0 Å². The Labute approximate surface area is 83.1 Å². The summed E-state index contributed by atoms with van der Waals surface area (Å²) >= 11 is 0. The molecule has 0 spiro atoms. The summed E-state index contributed by atoms with van der Waals surface area (Å²) in [5.74, 6) is 0. The number of rotatable bonds is 6. The molecule has 0 N–H and O–H groups in total. The van der Waals surface area contributed by atoms with Crippen LogP contribution in [0.15, 0.2) is 24.4 Å². The molecule has 0 rings (SSSR count). The Morgan fingerprint density at radius 1 is 1.46 bits per heavy atom. The highest BCUT2D eigenvalue weighted by atomic mass is 15.2. The van der Waals surface area contributed by atoms with Crippen LogP contribution in [0.3, 0.4) is 0 Å². The van der Waals surface area contributed by atoms with Crippen LogP contribution in [0.1, 0.15) is 40.5 Å². The van der Waals surface area contributed by atoms with Gasteiger partial charge in [-0.25, -0.2) is 0 Å². The molecule has 0 aromatic rings. The van der Waals surface area contributed by atoms with Crippen molar-refractivity contribution in [2.75, 3.05) is 6.54 Å². The minimum atomic E-state index is 0.484. The Hall–Kier alpha value is -0.720. The van der Waals surface area contributed by atoms with Gasteiger partial charge in [0.2, 0.25) is 0 Å². The van der Waals surface area contributed by atoms with Crippen molar-refractivity contribution in [3.05, 3.63) is 24.4 Å². The molecule has 0 aliphatic heterocycles. The smallest absolute Gasteiger partial charge is 0.0441 e. The summed E-state index contributed by atoms with van der Waals surface area (Å²) in [5.41, 5.74) is 1.24. The Bertz CT molecular complexity index is 170. The molecule has 0 saturated heterocycles. The van der Waals surface area contributed by atoms with E-state index in [2.05, 4.69) is 51.3 Å². The molecular weight excluding hydrogens is 158 g/mol. The van der Waals surface area contributed by atoms with Gasteiger partial charge in [0.25, 0.3) is 0 Å². The third-order valence-electron chi connectivity index (χ3n) is 2.24. The Morgan fingerprint density at radius 2 is 2.08 bits per heavy atom. The van der Waals surface area contributed by atoms with Crippen molar-refractivity contribution in [1.29, 1.82) is 0 Å². The third-order valence-corrected chi connectivity index (χ3v) is 2.24. The van der Waals surface area contributed by atoms with Crippen LogP contribution in [0.5, 0.6) is 0 Å². The van der Waals surface area contributed by atoms with Gasteiger partial charge in [0.05, 0.1) is 0 Å². The number of hydrogen-bond donors (Lipinski definition) is 0. The maximum Gasteiger partial charge on any atom is 0.0441 e. The van der Waals surface area contributed by atoms with Gasteiger partial charge in [-0.15, -0.1) is 0 Å². The molecule has 0 radical (unpaired) electrons. The molecule has 0 amide bonds. The van der Waals surface area contributed by atoms with E-state index in [1.54, 1.807) is 0 Å². The van der Waals surface area contributed by atoms with E-state index in [1.165, 1.54) is 12.1 Å². The van der Waals surface area contributed by atoms with E-state index in [9.17, 15) is 0 Å². The first-order valence-corrected chi connectivity index (χ1v) is 5.24. The van der Waals surface area contributed by atoms with Gasteiger partial charge in [0.15, 0.2) is 0 Å². The fourth-order valence-corrected chi connectivity index (χ4v) is 1.48. The van der Waals surface area contributed by atoms with Gasteiger partial charge in [0.1, 0.15) is 0 Å². The lowest BCUT2D eigenvalue weighted by Gasteiger charge is -2.30. The maximum atomic E-state index is 4.09. The van der Waals surface area contributed by atoms with Crippen LogP contribution < -0.4 is 0 Å². The van der Waals surface area contributed by atoms with Crippen molar-refractivity contribution in [2.24, 2.45) is 0 Å². The van der Waals surface area contributed by atoms with E-state index >= 15 is 0 Å². The largest absolute Gasteiger partial charge is 0.369 e. The molecule has 0 saturated carbocycles. The van der Waals surface area contributed by atoms with Crippen LogP contribution >= 0.6 is 0 Å². The van der Waals surface area contributed by atoms with E-state index in [0.717, 1.165) is 13.0 Å². The molecule has 0 aliphatic rings. The topological polar surface area (TPSA) is 3.24 Å². The van der Waals surface area contributed by atoms with E-state index in [4.69, 9.17) is 0 Å². The zero-order valence-electron chi connectivity index (χ0n) is 9.51. The highest BCUT2D eigenvalue weighted by Gasteiger charge is 2.09. The monoisotopic (exact) mass is 181 g/mol. The van der Waals surface area contributed by atoms with Gasteiger partial charge >= 0.3 is 0 Å². The molecule has 0 aromatic carbocycles. The zero-order chi connectivity index (χ0) is 10.3. The Kier molecular flexibility index (Phi) is 6.38. The first-order chi connectivity index (χ1) is 6.17. The maximum absolute atomic E-state index is 4.09. The van der Waals surface area contributed by atoms with Crippen molar-refractivity contribution in [1.82, 2.24) is 4.90 Å². The lowest BCUT2D eigenvalue weighted by atomic mass is 10.2. The molecular formula is C12H23N. The predicted molar refractivity (Wildman–Crippen MR) is 60.7 cm³/mol. The molecule has 0 heterocycles. The predicted octanol–water partition coefficient (Wildman–Crippen LogP) is 3.59. The fourth-order valence-electron chi connectivity index (χ4n) is 1.48. The highest BCUT2D eigenvalue weighted by Crippen LogP contribution is 2.12. The Morgan fingerprint density at radius 3 is 2.46 bits per heavy atom. The Balaban J connectivity index is 4.30. The molecule has 1 heteroatoms. The summed E-state index contributed by atoms with van der Waals surface area (Å²) in [7, 11) is 0. The summed E-state index contributed by atoms with van der Waals surface area (Å²) in [4.78, 5) is 2.38. The standard InChI is InChI=1S/C12H23N/c1-6-9-12(5)13(10-7-2)11(4)8-3/h6,9,12H,4,7-8,10H2,1-3,5H3/b9-6+. The van der Waals surface area contributed by atoms with E-state index < -0.39 is 0 Å². The minimum Gasteiger partial charge on any atom is -0.369 e. The fraction of sp³-hybridized carbons (Fsp3) is 0.667. The van der Waals surface area contributed by atoms with Gasteiger partial charge in [-0.3, -0.25) is 0 Å². The zero-order valence-corrected chi connectivity index (χ0v) is 9.51. The second kappa shape index (κ2) is 6.76.